The number of aromatic nitrogens is 3. The molecule has 1 aromatic carbocycles. The zero-order valence-electron chi connectivity index (χ0n) is 10.8. The lowest BCUT2D eigenvalue weighted by Gasteiger charge is -1.97. The largest absolute Gasteiger partial charge is 0.217 e. The van der Waals surface area contributed by atoms with E-state index in [1.807, 2.05) is 6.20 Å². The Kier molecular flexibility index (Phi) is 3.06. The van der Waals surface area contributed by atoms with E-state index in [2.05, 4.69) is 23.9 Å². The number of hydrogen-bond donors (Lipinski definition) is 0. The average Bonchev–Trinajstić information content (AvgIpc) is 2.86. The molecule has 3 aromatic rings. The third-order valence-electron chi connectivity index (χ3n) is 2.81. The number of fused-ring (bicyclic) bond motifs is 1. The Morgan fingerprint density at radius 1 is 1.26 bits per heavy atom. The van der Waals surface area contributed by atoms with Crippen LogP contribution >= 0.6 is 11.3 Å². The second-order valence-electron chi connectivity index (χ2n) is 4.95. The molecular weight excluding hydrogens is 261 g/mol. The first kappa shape index (κ1) is 12.3. The molecule has 0 fully saturated rings. The van der Waals surface area contributed by atoms with Crippen molar-refractivity contribution in [2.24, 2.45) is 5.92 Å². The number of benzene rings is 1. The van der Waals surface area contributed by atoms with Crippen molar-refractivity contribution in [3.8, 4) is 11.3 Å². The summed E-state index contributed by atoms with van der Waals surface area (Å²) in [6, 6.07) is 6.36. The summed E-state index contributed by atoms with van der Waals surface area (Å²) in [5.74, 6) is 0.356. The molecule has 0 saturated heterocycles. The molecule has 98 valence electrons. The van der Waals surface area contributed by atoms with Crippen LogP contribution in [0.3, 0.4) is 0 Å². The zero-order valence-corrected chi connectivity index (χ0v) is 11.6. The van der Waals surface area contributed by atoms with Gasteiger partial charge in [0.05, 0.1) is 11.9 Å². The van der Waals surface area contributed by atoms with Gasteiger partial charge in [0.25, 0.3) is 0 Å². The highest BCUT2D eigenvalue weighted by Crippen LogP contribution is 2.23. The second kappa shape index (κ2) is 4.74. The van der Waals surface area contributed by atoms with Crippen LogP contribution in [0.2, 0.25) is 0 Å². The lowest BCUT2D eigenvalue weighted by molar-refractivity contribution is 0.628. The van der Waals surface area contributed by atoms with Crippen molar-refractivity contribution in [1.29, 1.82) is 0 Å². The van der Waals surface area contributed by atoms with Gasteiger partial charge in [-0.25, -0.2) is 13.9 Å². The maximum Gasteiger partial charge on any atom is 0.212 e. The summed E-state index contributed by atoms with van der Waals surface area (Å²) in [5.41, 5.74) is 1.74. The fourth-order valence-corrected chi connectivity index (χ4v) is 3.02. The van der Waals surface area contributed by atoms with Gasteiger partial charge in [-0.1, -0.05) is 25.2 Å². The van der Waals surface area contributed by atoms with Gasteiger partial charge in [-0.2, -0.15) is 5.10 Å². The lowest BCUT2D eigenvalue weighted by atomic mass is 10.1. The van der Waals surface area contributed by atoms with Gasteiger partial charge in [-0.3, -0.25) is 0 Å². The van der Waals surface area contributed by atoms with Crippen LogP contribution in [0.25, 0.3) is 16.2 Å². The minimum absolute atomic E-state index is 0.234. The van der Waals surface area contributed by atoms with Crippen molar-refractivity contribution in [2.75, 3.05) is 0 Å². The van der Waals surface area contributed by atoms with Gasteiger partial charge in [-0.15, -0.1) is 0 Å². The van der Waals surface area contributed by atoms with Crippen LogP contribution < -0.4 is 0 Å². The van der Waals surface area contributed by atoms with E-state index in [4.69, 9.17) is 0 Å². The van der Waals surface area contributed by atoms with Crippen LogP contribution in [0, 0.1) is 11.7 Å². The highest BCUT2D eigenvalue weighted by Gasteiger charge is 2.10. The predicted molar refractivity (Wildman–Crippen MR) is 74.8 cm³/mol. The molecule has 2 aromatic heterocycles. The Balaban J connectivity index is 1.94. The van der Waals surface area contributed by atoms with Crippen molar-refractivity contribution >= 4 is 16.3 Å². The van der Waals surface area contributed by atoms with E-state index in [1.165, 1.54) is 12.1 Å². The monoisotopic (exact) mass is 275 g/mol. The van der Waals surface area contributed by atoms with Crippen molar-refractivity contribution in [2.45, 2.75) is 20.3 Å². The van der Waals surface area contributed by atoms with Gasteiger partial charge in [0.1, 0.15) is 10.8 Å². The molecule has 0 N–H and O–H groups in total. The van der Waals surface area contributed by atoms with E-state index in [0.29, 0.717) is 5.92 Å². The van der Waals surface area contributed by atoms with Crippen LogP contribution in [0.15, 0.2) is 30.5 Å². The first-order valence-corrected chi connectivity index (χ1v) is 7.04. The quantitative estimate of drug-likeness (QED) is 0.728. The summed E-state index contributed by atoms with van der Waals surface area (Å²) in [5, 5.41) is 5.62. The van der Waals surface area contributed by atoms with Crippen LogP contribution in [0.4, 0.5) is 4.39 Å². The van der Waals surface area contributed by atoms with Gasteiger partial charge in [0, 0.05) is 12.0 Å². The number of hydrogen-bond acceptors (Lipinski definition) is 3. The summed E-state index contributed by atoms with van der Waals surface area (Å²) in [6.45, 7) is 4.35. The number of imidazole rings is 1. The molecule has 0 radical (unpaired) electrons. The summed E-state index contributed by atoms with van der Waals surface area (Å²) in [6.07, 6.45) is 2.86. The lowest BCUT2D eigenvalue weighted by Crippen LogP contribution is -1.94. The second-order valence-corrected chi connectivity index (χ2v) is 5.99. The molecule has 5 heteroatoms. The molecule has 3 nitrogen and oxygen atoms in total. The van der Waals surface area contributed by atoms with E-state index in [1.54, 1.807) is 28.0 Å². The molecular formula is C14H14FN3S. The first-order valence-electron chi connectivity index (χ1n) is 6.23. The topological polar surface area (TPSA) is 30.2 Å². The maximum absolute atomic E-state index is 12.9. The third-order valence-corrected chi connectivity index (χ3v) is 3.75. The molecule has 0 aliphatic heterocycles. The molecule has 0 saturated carbocycles. The maximum atomic E-state index is 12.9. The van der Waals surface area contributed by atoms with Gasteiger partial charge >= 0.3 is 0 Å². The molecule has 2 heterocycles. The molecule has 0 unspecified atom stereocenters. The van der Waals surface area contributed by atoms with Gasteiger partial charge in [0.2, 0.25) is 4.96 Å². The van der Waals surface area contributed by atoms with Crippen LogP contribution in [0.5, 0.6) is 0 Å². The molecule has 0 spiro atoms. The van der Waals surface area contributed by atoms with E-state index >= 15 is 0 Å². The fourth-order valence-electron chi connectivity index (χ4n) is 1.93. The van der Waals surface area contributed by atoms with E-state index < -0.39 is 0 Å². The Morgan fingerprint density at radius 2 is 2.00 bits per heavy atom. The first-order chi connectivity index (χ1) is 9.11. The summed E-state index contributed by atoms with van der Waals surface area (Å²) in [7, 11) is 0. The summed E-state index contributed by atoms with van der Waals surface area (Å²) >= 11 is 1.61. The molecule has 0 aliphatic rings. The Morgan fingerprint density at radius 3 is 2.63 bits per heavy atom. The minimum atomic E-state index is -0.234. The van der Waals surface area contributed by atoms with E-state index in [0.717, 1.165) is 27.6 Å². The van der Waals surface area contributed by atoms with Crippen LogP contribution in [-0.2, 0) is 6.42 Å². The van der Waals surface area contributed by atoms with Gasteiger partial charge in [-0.05, 0) is 30.2 Å². The SMILES string of the molecule is CC(C)Cc1nn2cc(-c3ccc(F)cc3)nc2s1. The third kappa shape index (κ3) is 2.51. The van der Waals surface area contributed by atoms with Crippen LogP contribution in [-0.4, -0.2) is 14.6 Å². The molecule has 3 rings (SSSR count). The average molecular weight is 275 g/mol. The van der Waals surface area contributed by atoms with Crippen molar-refractivity contribution in [3.63, 3.8) is 0 Å². The zero-order chi connectivity index (χ0) is 13.4. The number of halogens is 1. The van der Waals surface area contributed by atoms with Crippen molar-refractivity contribution < 1.29 is 4.39 Å². The summed E-state index contributed by atoms with van der Waals surface area (Å²) < 4.78 is 14.7. The van der Waals surface area contributed by atoms with Crippen molar-refractivity contribution in [3.05, 3.63) is 41.3 Å². The Bertz CT molecular complexity index is 666. The smallest absolute Gasteiger partial charge is 0.212 e. The van der Waals surface area contributed by atoms with Gasteiger partial charge in [0.15, 0.2) is 0 Å². The molecule has 19 heavy (non-hydrogen) atoms. The minimum Gasteiger partial charge on any atom is -0.217 e. The Labute approximate surface area is 114 Å². The number of rotatable bonds is 3. The standard InChI is InChI=1S/C14H14FN3S/c1-9(2)7-13-17-18-8-12(16-14(18)19-13)10-3-5-11(15)6-4-10/h3-6,8-9H,7H2,1-2H3. The number of nitrogens with zero attached hydrogens (tertiary/aromatic N) is 3. The van der Waals surface area contributed by atoms with Crippen molar-refractivity contribution in [1.82, 2.24) is 14.6 Å². The van der Waals surface area contributed by atoms with Crippen LogP contribution in [0.1, 0.15) is 18.9 Å². The normalized spacial score (nSPS) is 11.6. The highest BCUT2D eigenvalue weighted by atomic mass is 32.1. The van der Waals surface area contributed by atoms with E-state index in [9.17, 15) is 4.39 Å². The molecule has 0 amide bonds. The summed E-state index contributed by atoms with van der Waals surface area (Å²) in [4.78, 5) is 5.42. The Hall–Kier alpha value is -1.75. The van der Waals surface area contributed by atoms with E-state index in [-0.39, 0.29) is 5.82 Å². The molecule has 0 bridgehead atoms. The molecule has 0 aliphatic carbocycles. The van der Waals surface area contributed by atoms with Gasteiger partial charge < -0.3 is 0 Å². The highest BCUT2D eigenvalue weighted by molar-refractivity contribution is 7.16. The fraction of sp³-hybridized carbons (Fsp3) is 0.286. The predicted octanol–water partition coefficient (Wildman–Crippen LogP) is 3.80. The molecule has 0 atom stereocenters.